The van der Waals surface area contributed by atoms with Gasteiger partial charge in [0.25, 0.3) is 5.91 Å². The van der Waals surface area contributed by atoms with Gasteiger partial charge in [-0.1, -0.05) is 43.3 Å². The van der Waals surface area contributed by atoms with E-state index in [9.17, 15) is 4.79 Å². The van der Waals surface area contributed by atoms with Gasteiger partial charge in [-0.2, -0.15) is 5.26 Å². The number of hydrogen-bond acceptors (Lipinski definition) is 3. The van der Waals surface area contributed by atoms with Gasteiger partial charge in [-0.3, -0.25) is 4.79 Å². The fourth-order valence-electron chi connectivity index (χ4n) is 2.36. The lowest BCUT2D eigenvalue weighted by molar-refractivity contribution is 0.0746. The van der Waals surface area contributed by atoms with E-state index in [-0.39, 0.29) is 5.91 Å². The third kappa shape index (κ3) is 5.13. The predicted octanol–water partition coefficient (Wildman–Crippen LogP) is 4.03. The molecule has 0 radical (unpaired) electrons. The highest BCUT2D eigenvalue weighted by Crippen LogP contribution is 2.17. The van der Waals surface area contributed by atoms with Crippen molar-refractivity contribution < 1.29 is 9.53 Å². The molecule has 1 amide bonds. The summed E-state index contributed by atoms with van der Waals surface area (Å²) in [6.07, 6.45) is 1.23. The Morgan fingerprint density at radius 1 is 1.17 bits per heavy atom. The molecule has 0 unspecified atom stereocenters. The molecule has 4 heteroatoms. The highest BCUT2D eigenvalue weighted by atomic mass is 16.5. The lowest BCUT2D eigenvalue weighted by Crippen LogP contribution is -2.31. The molecule has 4 nitrogen and oxygen atoms in total. The Labute approximate surface area is 143 Å². The van der Waals surface area contributed by atoms with Crippen LogP contribution >= 0.6 is 0 Å². The summed E-state index contributed by atoms with van der Waals surface area (Å²) in [5.41, 5.74) is 1.62. The van der Waals surface area contributed by atoms with Gasteiger partial charge in [0, 0.05) is 18.7 Å². The van der Waals surface area contributed by atoms with Gasteiger partial charge >= 0.3 is 0 Å². The summed E-state index contributed by atoms with van der Waals surface area (Å²) in [4.78, 5) is 14.5. The topological polar surface area (TPSA) is 53.3 Å². The first-order valence-corrected chi connectivity index (χ1v) is 8.17. The molecule has 0 atom stereocenters. The second-order valence-corrected chi connectivity index (χ2v) is 5.50. The first kappa shape index (κ1) is 17.6. The zero-order valence-corrected chi connectivity index (χ0v) is 13.9. The number of amides is 1. The summed E-state index contributed by atoms with van der Waals surface area (Å²) < 4.78 is 5.60. The number of nitriles is 1. The van der Waals surface area contributed by atoms with E-state index in [4.69, 9.17) is 10.00 Å². The van der Waals surface area contributed by atoms with Crippen molar-refractivity contribution in [3.63, 3.8) is 0 Å². The smallest absolute Gasteiger partial charge is 0.254 e. The number of ether oxygens (including phenoxy) is 1. The average molecular weight is 322 g/mol. The van der Waals surface area contributed by atoms with Crippen LogP contribution in [0.2, 0.25) is 0 Å². The van der Waals surface area contributed by atoms with Gasteiger partial charge in [0.2, 0.25) is 0 Å². The Hall–Kier alpha value is -2.80. The van der Waals surface area contributed by atoms with E-state index in [1.165, 1.54) is 0 Å². The molecule has 0 fully saturated rings. The molecule has 124 valence electrons. The van der Waals surface area contributed by atoms with Crippen LogP contribution in [0.25, 0.3) is 0 Å². The molecule has 0 aromatic heterocycles. The summed E-state index contributed by atoms with van der Waals surface area (Å²) >= 11 is 0. The zero-order chi connectivity index (χ0) is 17.2. The molecule has 24 heavy (non-hydrogen) atoms. The number of nitrogens with zero attached hydrogens (tertiary/aromatic N) is 2. The first-order chi connectivity index (χ1) is 11.7. The number of carbonyl (C=O) groups excluding carboxylic acids is 1. The van der Waals surface area contributed by atoms with Gasteiger partial charge in [0.15, 0.2) is 0 Å². The first-order valence-electron chi connectivity index (χ1n) is 8.17. The van der Waals surface area contributed by atoms with Gasteiger partial charge in [0.1, 0.15) is 5.75 Å². The molecule has 0 saturated heterocycles. The van der Waals surface area contributed by atoms with Gasteiger partial charge in [-0.05, 0) is 30.2 Å². The maximum atomic E-state index is 12.8. The minimum atomic E-state index is -0.0870. The minimum absolute atomic E-state index is 0.0870. The van der Waals surface area contributed by atoms with E-state index in [2.05, 4.69) is 6.07 Å². The second-order valence-electron chi connectivity index (χ2n) is 5.50. The maximum absolute atomic E-state index is 12.8. The molecule has 0 bridgehead atoms. The van der Waals surface area contributed by atoms with Crippen molar-refractivity contribution in [3.05, 3.63) is 65.7 Å². The van der Waals surface area contributed by atoms with E-state index in [0.717, 1.165) is 12.0 Å². The van der Waals surface area contributed by atoms with E-state index in [1.54, 1.807) is 17.0 Å². The highest BCUT2D eigenvalue weighted by Gasteiger charge is 2.16. The third-order valence-corrected chi connectivity index (χ3v) is 3.55. The number of hydrogen-bond donors (Lipinski definition) is 0. The van der Waals surface area contributed by atoms with E-state index in [1.807, 2.05) is 49.4 Å². The molecule has 0 N–H and O–H groups in total. The van der Waals surface area contributed by atoms with Gasteiger partial charge in [-0.25, -0.2) is 0 Å². The molecule has 0 aliphatic carbocycles. The Balaban J connectivity index is 2.16. The van der Waals surface area contributed by atoms with Crippen LogP contribution in [0.3, 0.4) is 0 Å². The molecule has 0 spiro atoms. The molecule has 0 heterocycles. The Morgan fingerprint density at radius 2 is 1.96 bits per heavy atom. The Kier molecular flexibility index (Phi) is 6.85. The molecule has 2 rings (SSSR count). The number of carbonyl (C=O) groups is 1. The van der Waals surface area contributed by atoms with Crippen molar-refractivity contribution in [1.29, 1.82) is 5.26 Å². The molecular weight excluding hydrogens is 300 g/mol. The van der Waals surface area contributed by atoms with Crippen LogP contribution in [0.15, 0.2) is 54.6 Å². The largest absolute Gasteiger partial charge is 0.494 e. The lowest BCUT2D eigenvalue weighted by Gasteiger charge is -2.22. The summed E-state index contributed by atoms with van der Waals surface area (Å²) in [6, 6.07) is 19.1. The van der Waals surface area contributed by atoms with Crippen LogP contribution in [0.1, 0.15) is 35.7 Å². The fourth-order valence-corrected chi connectivity index (χ4v) is 2.36. The van der Waals surface area contributed by atoms with Crippen molar-refractivity contribution in [1.82, 2.24) is 4.90 Å². The van der Waals surface area contributed by atoms with Crippen LogP contribution in [0.5, 0.6) is 5.75 Å². The summed E-state index contributed by atoms with van der Waals surface area (Å²) in [5.74, 6) is 0.610. The van der Waals surface area contributed by atoms with Gasteiger partial charge in [-0.15, -0.1) is 0 Å². The van der Waals surface area contributed by atoms with Crippen molar-refractivity contribution in [2.75, 3.05) is 13.2 Å². The quantitative estimate of drug-likeness (QED) is 0.737. The number of rotatable bonds is 8. The van der Waals surface area contributed by atoms with Crippen molar-refractivity contribution in [3.8, 4) is 11.8 Å². The van der Waals surface area contributed by atoms with Gasteiger partial charge < -0.3 is 9.64 Å². The molecular formula is C20H22N2O2. The second kappa shape index (κ2) is 9.36. The van der Waals surface area contributed by atoms with Crippen LogP contribution in [0, 0.1) is 11.3 Å². The van der Waals surface area contributed by atoms with Crippen molar-refractivity contribution >= 4 is 5.91 Å². The zero-order valence-electron chi connectivity index (χ0n) is 13.9. The van der Waals surface area contributed by atoms with Crippen LogP contribution in [0.4, 0.5) is 0 Å². The van der Waals surface area contributed by atoms with Crippen molar-refractivity contribution in [2.24, 2.45) is 0 Å². The predicted molar refractivity (Wildman–Crippen MR) is 93.6 cm³/mol. The summed E-state index contributed by atoms with van der Waals surface area (Å²) in [6.45, 7) is 3.56. The van der Waals surface area contributed by atoms with E-state index in [0.29, 0.717) is 37.4 Å². The van der Waals surface area contributed by atoms with E-state index >= 15 is 0 Å². The number of benzene rings is 2. The monoisotopic (exact) mass is 322 g/mol. The fraction of sp³-hybridized carbons (Fsp3) is 0.300. The molecule has 0 aliphatic heterocycles. The highest BCUT2D eigenvalue weighted by molar-refractivity contribution is 5.94. The van der Waals surface area contributed by atoms with Gasteiger partial charge in [0.05, 0.1) is 19.1 Å². The SMILES string of the molecule is CCCOc1cccc(C(=O)N(CCC#N)Cc2ccccc2)c1. The normalized spacial score (nSPS) is 10.0. The molecule has 0 aliphatic rings. The summed E-state index contributed by atoms with van der Waals surface area (Å²) in [5, 5.41) is 8.87. The van der Waals surface area contributed by atoms with Crippen LogP contribution in [-0.4, -0.2) is 24.0 Å². The van der Waals surface area contributed by atoms with Crippen LogP contribution in [-0.2, 0) is 6.54 Å². The van der Waals surface area contributed by atoms with Crippen LogP contribution < -0.4 is 4.74 Å². The third-order valence-electron chi connectivity index (χ3n) is 3.55. The Morgan fingerprint density at radius 3 is 2.67 bits per heavy atom. The van der Waals surface area contributed by atoms with Crippen molar-refractivity contribution in [2.45, 2.75) is 26.3 Å². The molecule has 2 aromatic carbocycles. The summed E-state index contributed by atoms with van der Waals surface area (Å²) in [7, 11) is 0. The minimum Gasteiger partial charge on any atom is -0.494 e. The molecule has 2 aromatic rings. The van der Waals surface area contributed by atoms with E-state index < -0.39 is 0 Å². The maximum Gasteiger partial charge on any atom is 0.254 e. The average Bonchev–Trinajstić information content (AvgIpc) is 2.64. The Bertz CT molecular complexity index is 692. The molecule has 0 saturated carbocycles. The lowest BCUT2D eigenvalue weighted by atomic mass is 10.1. The standard InChI is InChI=1S/C20H22N2O2/c1-2-14-24-19-11-6-10-18(15-19)20(23)22(13-7-12-21)16-17-8-4-3-5-9-17/h3-6,8-11,15H,2,7,13-14,16H2,1H3.